The van der Waals surface area contributed by atoms with Gasteiger partial charge in [-0.05, 0) is 31.2 Å². The summed E-state index contributed by atoms with van der Waals surface area (Å²) in [4.78, 5) is 22.0. The summed E-state index contributed by atoms with van der Waals surface area (Å²) in [6.45, 7) is 1.19. The van der Waals surface area contributed by atoms with Gasteiger partial charge in [-0.2, -0.15) is 4.72 Å². The first kappa shape index (κ1) is 16.8. The second-order valence-electron chi connectivity index (χ2n) is 4.76. The van der Waals surface area contributed by atoms with Crippen LogP contribution in [0.3, 0.4) is 0 Å². The van der Waals surface area contributed by atoms with Crippen LogP contribution in [-0.2, 0) is 19.6 Å². The van der Waals surface area contributed by atoms with Crippen LogP contribution in [0.25, 0.3) is 5.69 Å². The van der Waals surface area contributed by atoms with Gasteiger partial charge < -0.3 is 5.11 Å². The molecule has 23 heavy (non-hydrogen) atoms. The lowest BCUT2D eigenvalue weighted by atomic mass is 10.2. The van der Waals surface area contributed by atoms with Crippen LogP contribution in [0.15, 0.2) is 41.6 Å². The van der Waals surface area contributed by atoms with Crippen molar-refractivity contribution >= 4 is 21.8 Å². The molecule has 0 saturated heterocycles. The number of Topliss-reactive ketones (excluding diaryl/α,β-unsaturated/α-hetero) is 1. The van der Waals surface area contributed by atoms with E-state index in [1.165, 1.54) is 42.1 Å². The molecule has 0 aliphatic rings. The Labute approximate surface area is 132 Å². The Morgan fingerprint density at radius 2 is 1.96 bits per heavy atom. The number of nitrogens with zero attached hydrogens (tertiary/aromatic N) is 3. The minimum atomic E-state index is -4.06. The molecule has 0 fully saturated rings. The van der Waals surface area contributed by atoms with Gasteiger partial charge in [-0.15, -0.1) is 5.10 Å². The summed E-state index contributed by atoms with van der Waals surface area (Å²) in [7, 11) is -4.06. The maximum absolute atomic E-state index is 12.2. The van der Waals surface area contributed by atoms with E-state index >= 15 is 0 Å². The number of sulfonamides is 1. The number of rotatable bonds is 7. The van der Waals surface area contributed by atoms with Gasteiger partial charge in [-0.1, -0.05) is 5.21 Å². The van der Waals surface area contributed by atoms with E-state index in [1.54, 1.807) is 6.20 Å². The maximum atomic E-state index is 12.2. The highest BCUT2D eigenvalue weighted by molar-refractivity contribution is 7.89. The predicted molar refractivity (Wildman–Crippen MR) is 78.4 cm³/mol. The SMILES string of the molecule is CC(=O)CC(NS(=O)(=O)c1ccc(-n2ccnn2)cc1)C(=O)O. The standard InChI is InChI=1S/C13H14N4O5S/c1-9(18)8-12(13(19)20)15-23(21,22)11-4-2-10(3-5-11)17-7-6-14-16-17/h2-7,12,15H,8H2,1H3,(H,19,20). The molecule has 0 bridgehead atoms. The Balaban J connectivity index is 2.21. The Morgan fingerprint density at radius 3 is 2.43 bits per heavy atom. The van der Waals surface area contributed by atoms with Crippen LogP contribution >= 0.6 is 0 Å². The molecule has 0 amide bonds. The van der Waals surface area contributed by atoms with Crippen molar-refractivity contribution in [1.29, 1.82) is 0 Å². The summed E-state index contributed by atoms with van der Waals surface area (Å²) in [6.07, 6.45) is 2.64. The molecular formula is C13H14N4O5S. The fourth-order valence-corrected chi connectivity index (χ4v) is 3.04. The van der Waals surface area contributed by atoms with Crippen LogP contribution < -0.4 is 4.72 Å². The van der Waals surface area contributed by atoms with Gasteiger partial charge in [0.2, 0.25) is 10.0 Å². The van der Waals surface area contributed by atoms with Gasteiger partial charge >= 0.3 is 5.97 Å². The molecule has 0 spiro atoms. The number of aromatic nitrogens is 3. The summed E-state index contributed by atoms with van der Waals surface area (Å²) in [5, 5.41) is 16.4. The summed E-state index contributed by atoms with van der Waals surface area (Å²) in [5.74, 6) is -1.84. The Kier molecular flexibility index (Phi) is 4.86. The fourth-order valence-electron chi connectivity index (χ4n) is 1.85. The lowest BCUT2D eigenvalue weighted by Gasteiger charge is -2.13. The first-order valence-electron chi connectivity index (χ1n) is 6.51. The molecule has 10 heteroatoms. The van der Waals surface area contributed by atoms with Crippen molar-refractivity contribution in [2.24, 2.45) is 0 Å². The molecule has 0 saturated carbocycles. The number of carbonyl (C=O) groups is 2. The van der Waals surface area contributed by atoms with Crippen LogP contribution in [0.2, 0.25) is 0 Å². The summed E-state index contributed by atoms with van der Waals surface area (Å²) >= 11 is 0. The number of hydrogen-bond donors (Lipinski definition) is 2. The molecule has 0 aliphatic carbocycles. The van der Waals surface area contributed by atoms with Gasteiger partial charge in [-0.3, -0.25) is 9.59 Å². The molecule has 2 aromatic rings. The molecule has 1 heterocycles. The number of aliphatic carboxylic acids is 1. The molecule has 1 aromatic carbocycles. The van der Waals surface area contributed by atoms with Gasteiger partial charge in [0.25, 0.3) is 0 Å². The van der Waals surface area contributed by atoms with Crippen molar-refractivity contribution in [3.63, 3.8) is 0 Å². The van der Waals surface area contributed by atoms with E-state index in [-0.39, 0.29) is 4.90 Å². The maximum Gasteiger partial charge on any atom is 0.322 e. The van der Waals surface area contributed by atoms with E-state index in [2.05, 4.69) is 10.3 Å². The van der Waals surface area contributed by atoms with Crippen molar-refractivity contribution in [2.45, 2.75) is 24.3 Å². The van der Waals surface area contributed by atoms with Gasteiger partial charge in [0, 0.05) is 6.42 Å². The highest BCUT2D eigenvalue weighted by Crippen LogP contribution is 2.14. The molecule has 1 unspecified atom stereocenters. The topological polar surface area (TPSA) is 131 Å². The molecule has 2 N–H and O–H groups in total. The van der Waals surface area contributed by atoms with Gasteiger partial charge in [-0.25, -0.2) is 13.1 Å². The van der Waals surface area contributed by atoms with E-state index in [9.17, 15) is 18.0 Å². The fraction of sp³-hybridized carbons (Fsp3) is 0.231. The zero-order valence-corrected chi connectivity index (χ0v) is 12.9. The molecular weight excluding hydrogens is 324 g/mol. The number of nitrogens with one attached hydrogen (secondary N) is 1. The Bertz CT molecular complexity index is 799. The summed E-state index contributed by atoms with van der Waals surface area (Å²) in [5.41, 5.74) is 0.597. The van der Waals surface area contributed by atoms with E-state index in [4.69, 9.17) is 5.11 Å². The largest absolute Gasteiger partial charge is 0.480 e. The Morgan fingerprint density at radius 1 is 1.30 bits per heavy atom. The van der Waals surface area contributed by atoms with E-state index in [0.717, 1.165) is 0 Å². The number of ketones is 1. The molecule has 122 valence electrons. The van der Waals surface area contributed by atoms with E-state index < -0.39 is 34.2 Å². The first-order valence-corrected chi connectivity index (χ1v) is 7.99. The minimum Gasteiger partial charge on any atom is -0.480 e. The molecule has 2 rings (SSSR count). The number of benzene rings is 1. The normalized spacial score (nSPS) is 12.7. The summed E-state index contributed by atoms with van der Waals surface area (Å²) < 4.78 is 27.9. The second-order valence-corrected chi connectivity index (χ2v) is 6.47. The third-order valence-corrected chi connectivity index (χ3v) is 4.41. The van der Waals surface area contributed by atoms with Gasteiger partial charge in [0.1, 0.15) is 11.8 Å². The van der Waals surface area contributed by atoms with E-state index in [1.807, 2.05) is 4.72 Å². The molecule has 0 aliphatic heterocycles. The van der Waals surface area contributed by atoms with Crippen molar-refractivity contribution in [3.8, 4) is 5.69 Å². The van der Waals surface area contributed by atoms with Crippen molar-refractivity contribution in [2.75, 3.05) is 0 Å². The highest BCUT2D eigenvalue weighted by atomic mass is 32.2. The zero-order chi connectivity index (χ0) is 17.0. The molecule has 0 radical (unpaired) electrons. The van der Waals surface area contributed by atoms with Crippen molar-refractivity contribution < 1.29 is 23.1 Å². The third kappa shape index (κ3) is 4.20. The zero-order valence-electron chi connectivity index (χ0n) is 12.1. The number of carboxylic acids is 1. The third-order valence-electron chi connectivity index (χ3n) is 2.92. The van der Waals surface area contributed by atoms with E-state index in [0.29, 0.717) is 5.69 Å². The van der Waals surface area contributed by atoms with Crippen LogP contribution in [0.1, 0.15) is 13.3 Å². The molecule has 1 aromatic heterocycles. The quantitative estimate of drug-likeness (QED) is 0.725. The lowest BCUT2D eigenvalue weighted by molar-refractivity contribution is -0.140. The summed E-state index contributed by atoms with van der Waals surface area (Å²) in [6, 6.07) is 4.12. The van der Waals surface area contributed by atoms with Gasteiger partial charge in [0.15, 0.2) is 0 Å². The van der Waals surface area contributed by atoms with Gasteiger partial charge in [0.05, 0.1) is 23.0 Å². The van der Waals surface area contributed by atoms with Crippen LogP contribution in [0, 0.1) is 0 Å². The average Bonchev–Trinajstić information content (AvgIpc) is 3.00. The number of carbonyl (C=O) groups excluding carboxylic acids is 1. The van der Waals surface area contributed by atoms with Crippen molar-refractivity contribution in [3.05, 3.63) is 36.7 Å². The minimum absolute atomic E-state index is 0.115. The van der Waals surface area contributed by atoms with Crippen LogP contribution in [0.4, 0.5) is 0 Å². The average molecular weight is 338 g/mol. The van der Waals surface area contributed by atoms with Crippen LogP contribution in [-0.4, -0.2) is 46.3 Å². The highest BCUT2D eigenvalue weighted by Gasteiger charge is 2.26. The predicted octanol–water partition coefficient (Wildman–Crippen LogP) is -0.0221. The monoisotopic (exact) mass is 338 g/mol. The Hall–Kier alpha value is -2.59. The second kappa shape index (κ2) is 6.67. The smallest absolute Gasteiger partial charge is 0.322 e. The lowest BCUT2D eigenvalue weighted by Crippen LogP contribution is -2.41. The first-order chi connectivity index (χ1) is 10.8. The molecule has 9 nitrogen and oxygen atoms in total. The number of carboxylic acid groups (broad SMARTS) is 1. The number of hydrogen-bond acceptors (Lipinski definition) is 6. The molecule has 1 atom stereocenters. The van der Waals surface area contributed by atoms with Crippen LogP contribution in [0.5, 0.6) is 0 Å². The van der Waals surface area contributed by atoms with Crippen molar-refractivity contribution in [1.82, 2.24) is 19.7 Å².